The highest BCUT2D eigenvalue weighted by Crippen LogP contribution is 2.36. The van der Waals surface area contributed by atoms with E-state index < -0.39 is 0 Å². The first-order chi connectivity index (χ1) is 9.87. The smallest absolute Gasteiger partial charge is 0.164 e. The van der Waals surface area contributed by atoms with Crippen LogP contribution in [0.4, 0.5) is 4.39 Å². The summed E-state index contributed by atoms with van der Waals surface area (Å²) in [5, 5.41) is 0. The van der Waals surface area contributed by atoms with Crippen LogP contribution in [0.3, 0.4) is 0 Å². The second-order valence-electron chi connectivity index (χ2n) is 7.06. The topological polar surface area (TPSA) is 20.3 Å². The van der Waals surface area contributed by atoms with Crippen LogP contribution in [0.5, 0.6) is 0 Å². The Morgan fingerprint density at radius 2 is 1.81 bits per heavy atom. The van der Waals surface area contributed by atoms with Gasteiger partial charge in [0.15, 0.2) is 5.78 Å². The fraction of sp³-hybridized carbons (Fsp3) is 0.611. The third-order valence-corrected chi connectivity index (χ3v) is 4.79. The average molecular weight is 291 g/mol. The number of benzene rings is 1. The van der Waals surface area contributed by atoms with Crippen LogP contribution in [0.25, 0.3) is 0 Å². The summed E-state index contributed by atoms with van der Waals surface area (Å²) < 4.78 is 12.9. The zero-order valence-electron chi connectivity index (χ0n) is 13.4. The molecule has 0 radical (unpaired) electrons. The van der Waals surface area contributed by atoms with E-state index in [1.165, 1.54) is 37.8 Å². The fourth-order valence-corrected chi connectivity index (χ4v) is 3.07. The van der Waals surface area contributed by atoms with Crippen molar-refractivity contribution in [2.75, 3.05) is 13.6 Å². The number of ketones is 1. The molecule has 0 aromatic heterocycles. The van der Waals surface area contributed by atoms with E-state index in [-0.39, 0.29) is 11.6 Å². The predicted molar refractivity (Wildman–Crippen MR) is 84.0 cm³/mol. The second kappa shape index (κ2) is 6.69. The minimum absolute atomic E-state index is 0.0954. The Hall–Kier alpha value is -1.22. The average Bonchev–Trinajstić information content (AvgIpc) is 2.45. The Morgan fingerprint density at radius 1 is 1.24 bits per heavy atom. The van der Waals surface area contributed by atoms with Crippen molar-refractivity contribution in [2.24, 2.45) is 5.41 Å². The lowest BCUT2D eigenvalue weighted by Crippen LogP contribution is -2.38. The third kappa shape index (κ3) is 4.63. The Labute approximate surface area is 127 Å². The van der Waals surface area contributed by atoms with E-state index in [1.54, 1.807) is 12.1 Å². The van der Waals surface area contributed by atoms with Gasteiger partial charge in [0.1, 0.15) is 5.82 Å². The molecule has 0 spiro atoms. The van der Waals surface area contributed by atoms with E-state index in [2.05, 4.69) is 25.8 Å². The Balaban J connectivity index is 1.80. The standard InChI is InChI=1S/C18H26FNO/c1-18(2)11-8-16(9-12-18)20(3)13-10-17(21)14-4-6-15(19)7-5-14/h4-7,16H,8-13H2,1-3H3. The van der Waals surface area contributed by atoms with Gasteiger partial charge >= 0.3 is 0 Å². The van der Waals surface area contributed by atoms with Crippen molar-refractivity contribution in [3.8, 4) is 0 Å². The van der Waals surface area contributed by atoms with Crippen molar-refractivity contribution in [1.29, 1.82) is 0 Å². The molecule has 1 aliphatic carbocycles. The summed E-state index contributed by atoms with van der Waals surface area (Å²) in [6.45, 7) is 5.45. The SMILES string of the molecule is CN(CCC(=O)c1ccc(F)cc1)C1CCC(C)(C)CC1. The minimum Gasteiger partial charge on any atom is -0.303 e. The van der Waals surface area contributed by atoms with Gasteiger partial charge in [0.05, 0.1) is 0 Å². The summed E-state index contributed by atoms with van der Waals surface area (Å²) in [6.07, 6.45) is 5.45. The van der Waals surface area contributed by atoms with Crippen LogP contribution in [0, 0.1) is 11.2 Å². The van der Waals surface area contributed by atoms with Crippen molar-refractivity contribution in [3.05, 3.63) is 35.6 Å². The van der Waals surface area contributed by atoms with Crippen LogP contribution in [-0.2, 0) is 0 Å². The van der Waals surface area contributed by atoms with E-state index >= 15 is 0 Å². The van der Waals surface area contributed by atoms with Gasteiger partial charge in [-0.3, -0.25) is 4.79 Å². The maximum Gasteiger partial charge on any atom is 0.164 e. The van der Waals surface area contributed by atoms with Gasteiger partial charge in [0.2, 0.25) is 0 Å². The lowest BCUT2D eigenvalue weighted by molar-refractivity contribution is 0.0925. The Morgan fingerprint density at radius 3 is 2.38 bits per heavy atom. The number of carbonyl (C=O) groups is 1. The van der Waals surface area contributed by atoms with E-state index in [4.69, 9.17) is 0 Å². The van der Waals surface area contributed by atoms with Crippen molar-refractivity contribution >= 4 is 5.78 Å². The fourth-order valence-electron chi connectivity index (χ4n) is 3.07. The molecule has 0 atom stereocenters. The summed E-state index contributed by atoms with van der Waals surface area (Å²) in [7, 11) is 2.11. The Bertz CT molecular complexity index is 470. The van der Waals surface area contributed by atoms with Crippen molar-refractivity contribution in [1.82, 2.24) is 4.90 Å². The highest BCUT2D eigenvalue weighted by molar-refractivity contribution is 5.96. The molecule has 21 heavy (non-hydrogen) atoms. The first kappa shape index (κ1) is 16.2. The van der Waals surface area contributed by atoms with Crippen LogP contribution >= 0.6 is 0 Å². The van der Waals surface area contributed by atoms with Crippen molar-refractivity contribution in [3.63, 3.8) is 0 Å². The maximum absolute atomic E-state index is 12.9. The molecular formula is C18H26FNO. The molecule has 0 heterocycles. The van der Waals surface area contributed by atoms with E-state index in [0.717, 1.165) is 6.54 Å². The lowest BCUT2D eigenvalue weighted by Gasteiger charge is -2.38. The molecule has 3 heteroatoms. The van der Waals surface area contributed by atoms with Crippen LogP contribution in [0.1, 0.15) is 56.3 Å². The largest absolute Gasteiger partial charge is 0.303 e. The van der Waals surface area contributed by atoms with Gasteiger partial charge in [0.25, 0.3) is 0 Å². The lowest BCUT2D eigenvalue weighted by atomic mass is 9.75. The second-order valence-corrected chi connectivity index (χ2v) is 7.06. The molecule has 1 aromatic carbocycles. The van der Waals surface area contributed by atoms with E-state index in [9.17, 15) is 9.18 Å². The van der Waals surface area contributed by atoms with Gasteiger partial charge in [-0.1, -0.05) is 13.8 Å². The quantitative estimate of drug-likeness (QED) is 0.754. The summed E-state index contributed by atoms with van der Waals surface area (Å²) in [5.41, 5.74) is 1.08. The molecule has 2 rings (SSSR count). The summed E-state index contributed by atoms with van der Waals surface area (Å²) in [5.74, 6) is -0.202. The molecule has 0 bridgehead atoms. The van der Waals surface area contributed by atoms with Gasteiger partial charge in [-0.25, -0.2) is 4.39 Å². The van der Waals surface area contributed by atoms with Crippen LogP contribution in [0.2, 0.25) is 0 Å². The number of halogens is 1. The molecule has 1 saturated carbocycles. The normalized spacial score (nSPS) is 18.9. The van der Waals surface area contributed by atoms with Crippen molar-refractivity contribution < 1.29 is 9.18 Å². The molecule has 0 saturated heterocycles. The predicted octanol–water partition coefficient (Wildman–Crippen LogP) is 4.30. The third-order valence-electron chi connectivity index (χ3n) is 4.79. The molecule has 1 aromatic rings. The van der Waals surface area contributed by atoms with Crippen LogP contribution in [0.15, 0.2) is 24.3 Å². The zero-order valence-corrected chi connectivity index (χ0v) is 13.4. The monoisotopic (exact) mass is 291 g/mol. The molecule has 1 aliphatic rings. The molecule has 1 fully saturated rings. The number of rotatable bonds is 5. The molecule has 0 amide bonds. The van der Waals surface area contributed by atoms with E-state index in [0.29, 0.717) is 23.4 Å². The number of Topliss-reactive ketones (excluding diaryl/α,β-unsaturated/α-hetero) is 1. The highest BCUT2D eigenvalue weighted by atomic mass is 19.1. The number of nitrogens with zero attached hydrogens (tertiary/aromatic N) is 1. The van der Waals surface area contributed by atoms with Gasteiger partial charge in [-0.05, 0) is 62.4 Å². The van der Waals surface area contributed by atoms with Gasteiger partial charge in [-0.2, -0.15) is 0 Å². The number of hydrogen-bond acceptors (Lipinski definition) is 2. The summed E-state index contributed by atoms with van der Waals surface area (Å²) >= 11 is 0. The van der Waals surface area contributed by atoms with Crippen LogP contribution in [-0.4, -0.2) is 30.3 Å². The molecule has 0 aliphatic heterocycles. The van der Waals surface area contributed by atoms with Crippen molar-refractivity contribution in [2.45, 2.75) is 52.0 Å². The molecule has 0 unspecified atom stereocenters. The van der Waals surface area contributed by atoms with Gasteiger partial charge < -0.3 is 4.90 Å². The minimum atomic E-state index is -0.298. The number of carbonyl (C=O) groups excluding carboxylic acids is 1. The maximum atomic E-state index is 12.9. The molecule has 116 valence electrons. The highest BCUT2D eigenvalue weighted by Gasteiger charge is 2.28. The van der Waals surface area contributed by atoms with Gasteiger partial charge in [0, 0.05) is 24.6 Å². The summed E-state index contributed by atoms with van der Waals surface area (Å²) in [4.78, 5) is 14.4. The molecule has 2 nitrogen and oxygen atoms in total. The van der Waals surface area contributed by atoms with Gasteiger partial charge in [-0.15, -0.1) is 0 Å². The molecule has 0 N–H and O–H groups in total. The summed E-state index contributed by atoms with van der Waals surface area (Å²) in [6, 6.07) is 6.43. The van der Waals surface area contributed by atoms with E-state index in [1.807, 2.05) is 0 Å². The number of hydrogen-bond donors (Lipinski definition) is 0. The first-order valence-corrected chi connectivity index (χ1v) is 7.86. The van der Waals surface area contributed by atoms with Crippen LogP contribution < -0.4 is 0 Å². The molecular weight excluding hydrogens is 265 g/mol. The zero-order chi connectivity index (χ0) is 15.5. The Kier molecular flexibility index (Phi) is 5.15. The first-order valence-electron chi connectivity index (χ1n) is 7.86.